The second kappa shape index (κ2) is 7.24. The molecule has 2 atom stereocenters. The van der Waals surface area contributed by atoms with E-state index in [1.807, 2.05) is 5.32 Å². The number of carbonyl (C=O) groups is 2. The highest BCUT2D eigenvalue weighted by molar-refractivity contribution is 6.28. The van der Waals surface area contributed by atoms with Crippen molar-refractivity contribution in [2.45, 2.75) is 50.5 Å². The number of ketones is 1. The zero-order valence-corrected chi connectivity index (χ0v) is 11.4. The van der Waals surface area contributed by atoms with Gasteiger partial charge >= 0.3 is 12.3 Å². The molecular formula is C12H16ClF4NO2. The first-order chi connectivity index (χ1) is 9.30. The Morgan fingerprint density at radius 1 is 1.20 bits per heavy atom. The summed E-state index contributed by atoms with van der Waals surface area (Å²) in [6.45, 7) is 0. The highest BCUT2D eigenvalue weighted by Crippen LogP contribution is 2.27. The minimum Gasteiger partial charge on any atom is -0.347 e. The number of Topliss-reactive ketones (excluding diaryl/α,β-unsaturated/α-hetero) is 1. The quantitative estimate of drug-likeness (QED) is 0.481. The largest absolute Gasteiger partial charge is 0.383 e. The zero-order chi connectivity index (χ0) is 15.3. The Balaban J connectivity index is 2.80. The molecule has 3 nitrogen and oxygen atoms in total. The summed E-state index contributed by atoms with van der Waals surface area (Å²) in [4.78, 5) is 22.9. The molecule has 0 spiro atoms. The first kappa shape index (κ1) is 17.2. The molecule has 20 heavy (non-hydrogen) atoms. The number of hydrogen-bond donors (Lipinski definition) is 1. The van der Waals surface area contributed by atoms with E-state index >= 15 is 0 Å². The monoisotopic (exact) mass is 317 g/mol. The van der Waals surface area contributed by atoms with Crippen LogP contribution in [0.15, 0.2) is 0 Å². The Bertz CT molecular complexity index is 365. The van der Waals surface area contributed by atoms with Crippen molar-refractivity contribution in [2.75, 3.05) is 5.88 Å². The van der Waals surface area contributed by atoms with E-state index in [4.69, 9.17) is 11.6 Å². The molecule has 1 aliphatic carbocycles. The van der Waals surface area contributed by atoms with E-state index in [0.29, 0.717) is 25.7 Å². The summed E-state index contributed by atoms with van der Waals surface area (Å²) < 4.78 is 50.1. The minimum absolute atomic E-state index is 0.289. The Morgan fingerprint density at radius 3 is 2.35 bits per heavy atom. The summed E-state index contributed by atoms with van der Waals surface area (Å²) in [6.07, 6.45) is -1.21. The van der Waals surface area contributed by atoms with E-state index in [-0.39, 0.29) is 11.7 Å². The van der Waals surface area contributed by atoms with Crippen molar-refractivity contribution in [3.05, 3.63) is 0 Å². The van der Waals surface area contributed by atoms with Crippen molar-refractivity contribution in [2.24, 2.45) is 5.92 Å². The molecule has 0 radical (unpaired) electrons. The van der Waals surface area contributed by atoms with Gasteiger partial charge in [-0.2, -0.15) is 8.78 Å². The third-order valence-corrected chi connectivity index (χ3v) is 3.72. The molecule has 1 amide bonds. The molecular weight excluding hydrogens is 302 g/mol. The Kier molecular flexibility index (Phi) is 6.23. The molecule has 1 N–H and O–H groups in total. The van der Waals surface area contributed by atoms with Gasteiger partial charge < -0.3 is 5.32 Å². The fraction of sp³-hybridized carbons (Fsp3) is 0.833. The number of rotatable bonds is 5. The lowest BCUT2D eigenvalue weighted by Crippen LogP contribution is -2.52. The van der Waals surface area contributed by atoms with Crippen LogP contribution in [0.4, 0.5) is 17.6 Å². The summed E-state index contributed by atoms with van der Waals surface area (Å²) in [5.41, 5.74) is 0. The van der Waals surface area contributed by atoms with Crippen molar-refractivity contribution in [3.8, 4) is 0 Å². The molecule has 0 saturated heterocycles. The molecule has 0 aromatic rings. The topological polar surface area (TPSA) is 46.2 Å². The fourth-order valence-electron chi connectivity index (χ4n) is 2.33. The van der Waals surface area contributed by atoms with Gasteiger partial charge in [-0.3, -0.25) is 9.59 Å². The predicted octanol–water partition coefficient (Wildman–Crippen LogP) is 2.76. The summed E-state index contributed by atoms with van der Waals surface area (Å²) in [6, 6.07) is -0.860. The number of nitrogens with one attached hydrogen (secondary N) is 1. The highest BCUT2D eigenvalue weighted by Gasteiger charge is 2.50. The third-order valence-electron chi connectivity index (χ3n) is 3.45. The van der Waals surface area contributed by atoms with Gasteiger partial charge in [-0.05, 0) is 12.8 Å². The van der Waals surface area contributed by atoms with Gasteiger partial charge in [0.2, 0.25) is 0 Å². The Morgan fingerprint density at radius 2 is 1.80 bits per heavy atom. The number of carbonyl (C=O) groups excluding carboxylic acids is 2. The van der Waals surface area contributed by atoms with Crippen LogP contribution in [0, 0.1) is 5.92 Å². The highest BCUT2D eigenvalue weighted by atomic mass is 35.5. The summed E-state index contributed by atoms with van der Waals surface area (Å²) in [5.74, 6) is -8.12. The molecule has 2 unspecified atom stereocenters. The van der Waals surface area contributed by atoms with E-state index < -0.39 is 30.2 Å². The number of hydrogen-bond acceptors (Lipinski definition) is 2. The van der Waals surface area contributed by atoms with Crippen LogP contribution in [0.2, 0.25) is 0 Å². The molecule has 1 saturated carbocycles. The van der Waals surface area contributed by atoms with Crippen molar-refractivity contribution >= 4 is 23.3 Å². The SMILES string of the molecule is O=C(CCl)C1CCCCCC1NC(=O)C(F)(F)C(F)F. The van der Waals surface area contributed by atoms with Crippen LogP contribution in [0.25, 0.3) is 0 Å². The number of amides is 1. The first-order valence-electron chi connectivity index (χ1n) is 6.36. The van der Waals surface area contributed by atoms with E-state index in [0.717, 1.165) is 6.42 Å². The number of halogens is 5. The lowest BCUT2D eigenvalue weighted by Gasteiger charge is -2.26. The summed E-state index contributed by atoms with van der Waals surface area (Å²) in [7, 11) is 0. The fourth-order valence-corrected chi connectivity index (χ4v) is 2.53. The second-order valence-corrected chi connectivity index (χ2v) is 5.12. The van der Waals surface area contributed by atoms with Crippen LogP contribution in [-0.2, 0) is 9.59 Å². The van der Waals surface area contributed by atoms with Gasteiger partial charge in [-0.25, -0.2) is 8.78 Å². The molecule has 0 aromatic carbocycles. The van der Waals surface area contributed by atoms with E-state index in [9.17, 15) is 27.2 Å². The molecule has 0 aliphatic heterocycles. The van der Waals surface area contributed by atoms with Crippen LogP contribution < -0.4 is 5.32 Å². The van der Waals surface area contributed by atoms with Crippen molar-refractivity contribution < 1.29 is 27.2 Å². The average Bonchev–Trinajstić information content (AvgIpc) is 2.63. The van der Waals surface area contributed by atoms with Crippen molar-refractivity contribution in [1.29, 1.82) is 0 Å². The molecule has 0 bridgehead atoms. The van der Waals surface area contributed by atoms with Gasteiger partial charge in [-0.1, -0.05) is 19.3 Å². The van der Waals surface area contributed by atoms with E-state index in [1.165, 1.54) is 0 Å². The van der Waals surface area contributed by atoms with Gasteiger partial charge in [0, 0.05) is 12.0 Å². The van der Waals surface area contributed by atoms with Gasteiger partial charge in [0.1, 0.15) is 0 Å². The van der Waals surface area contributed by atoms with Crippen molar-refractivity contribution in [3.63, 3.8) is 0 Å². The van der Waals surface area contributed by atoms with E-state index in [1.54, 1.807) is 0 Å². The smallest absolute Gasteiger partial charge is 0.347 e. The lowest BCUT2D eigenvalue weighted by atomic mass is 9.91. The second-order valence-electron chi connectivity index (χ2n) is 4.85. The summed E-state index contributed by atoms with van der Waals surface area (Å²) in [5, 5.41) is 1.90. The van der Waals surface area contributed by atoms with E-state index in [2.05, 4.69) is 0 Å². The zero-order valence-electron chi connectivity index (χ0n) is 10.7. The van der Waals surface area contributed by atoms with Crippen LogP contribution in [-0.4, -0.2) is 36.0 Å². The molecule has 0 heterocycles. The molecule has 1 rings (SSSR count). The molecule has 1 fully saturated rings. The van der Waals surface area contributed by atoms with Crippen LogP contribution in [0.3, 0.4) is 0 Å². The lowest BCUT2D eigenvalue weighted by molar-refractivity contribution is -0.170. The van der Waals surface area contributed by atoms with Gasteiger partial charge in [0.15, 0.2) is 5.78 Å². The first-order valence-corrected chi connectivity index (χ1v) is 6.89. The summed E-state index contributed by atoms with van der Waals surface area (Å²) >= 11 is 5.45. The molecule has 116 valence electrons. The van der Waals surface area contributed by atoms with Gasteiger partial charge in [0.05, 0.1) is 5.88 Å². The Labute approximate surface area is 119 Å². The average molecular weight is 318 g/mol. The molecule has 0 aromatic heterocycles. The molecule has 8 heteroatoms. The van der Waals surface area contributed by atoms with Crippen LogP contribution in [0.1, 0.15) is 32.1 Å². The third kappa shape index (κ3) is 4.07. The number of alkyl halides is 5. The van der Waals surface area contributed by atoms with Gasteiger partial charge in [-0.15, -0.1) is 11.6 Å². The van der Waals surface area contributed by atoms with Crippen LogP contribution in [0.5, 0.6) is 0 Å². The maximum absolute atomic E-state index is 12.9. The Hall–Kier alpha value is -0.850. The standard InChI is InChI=1S/C12H16ClF4NO2/c13-6-9(19)7-4-2-1-3-5-8(7)18-11(20)12(16,17)10(14)15/h7-8,10H,1-6H2,(H,18,20). The predicted molar refractivity (Wildman–Crippen MR) is 65.2 cm³/mol. The van der Waals surface area contributed by atoms with Crippen molar-refractivity contribution in [1.82, 2.24) is 5.32 Å². The maximum Gasteiger partial charge on any atom is 0.383 e. The normalized spacial score (nSPS) is 24.3. The van der Waals surface area contributed by atoms with Gasteiger partial charge in [0.25, 0.3) is 5.91 Å². The molecule has 1 aliphatic rings. The van der Waals surface area contributed by atoms with Crippen LogP contribution >= 0.6 is 11.6 Å². The maximum atomic E-state index is 12.9. The minimum atomic E-state index is -4.75.